The number of hydrogen-bond acceptors (Lipinski definition) is 3. The molecule has 0 bridgehead atoms. The summed E-state index contributed by atoms with van der Waals surface area (Å²) < 4.78 is 0. The van der Waals surface area contributed by atoms with E-state index < -0.39 is 6.03 Å². The number of imide groups is 2. The lowest BCUT2D eigenvalue weighted by Gasteiger charge is -2.16. The summed E-state index contributed by atoms with van der Waals surface area (Å²) in [6, 6.07) is 16.6. The molecule has 2 aromatic carbocycles. The van der Waals surface area contributed by atoms with Crippen molar-refractivity contribution in [2.24, 2.45) is 0 Å². The van der Waals surface area contributed by atoms with Crippen LogP contribution in [0.25, 0.3) is 0 Å². The van der Waals surface area contributed by atoms with E-state index in [-0.39, 0.29) is 24.9 Å². The zero-order valence-electron chi connectivity index (χ0n) is 11.8. The van der Waals surface area contributed by atoms with E-state index in [2.05, 4.69) is 0 Å². The quantitative estimate of drug-likeness (QED) is 0.854. The lowest BCUT2D eigenvalue weighted by molar-refractivity contribution is 0.0790. The number of carbonyl (C=O) groups is 3. The molecule has 0 unspecified atom stereocenters. The van der Waals surface area contributed by atoms with Crippen LogP contribution in [0.2, 0.25) is 0 Å². The molecule has 1 aliphatic heterocycles. The van der Waals surface area contributed by atoms with Gasteiger partial charge in [0, 0.05) is 24.2 Å². The van der Waals surface area contributed by atoms with Crippen molar-refractivity contribution in [3.8, 4) is 0 Å². The first-order valence-corrected chi connectivity index (χ1v) is 6.96. The van der Waals surface area contributed by atoms with E-state index in [9.17, 15) is 14.4 Å². The van der Waals surface area contributed by atoms with Crippen molar-refractivity contribution in [3.05, 3.63) is 71.8 Å². The van der Waals surface area contributed by atoms with Crippen LogP contribution in [0, 0.1) is 0 Å². The van der Waals surface area contributed by atoms with Crippen molar-refractivity contribution in [1.82, 2.24) is 9.80 Å². The van der Waals surface area contributed by atoms with Gasteiger partial charge in [-0.15, -0.1) is 0 Å². The molecule has 3 rings (SSSR count). The minimum atomic E-state index is -0.567. The van der Waals surface area contributed by atoms with Crippen LogP contribution in [-0.2, 0) is 0 Å². The van der Waals surface area contributed by atoms with E-state index in [0.29, 0.717) is 11.1 Å². The largest absolute Gasteiger partial charge is 0.334 e. The summed E-state index contributed by atoms with van der Waals surface area (Å²) in [5.41, 5.74) is 0.870. The Morgan fingerprint density at radius 2 is 1.05 bits per heavy atom. The molecule has 4 amide bonds. The number of rotatable bonds is 2. The maximum Gasteiger partial charge on any atom is 0.334 e. The third-order valence-corrected chi connectivity index (χ3v) is 3.54. The van der Waals surface area contributed by atoms with Gasteiger partial charge in [0.05, 0.1) is 0 Å². The molecule has 0 radical (unpaired) electrons. The lowest BCUT2D eigenvalue weighted by atomic mass is 10.2. The van der Waals surface area contributed by atoms with Gasteiger partial charge in [-0.1, -0.05) is 36.4 Å². The predicted molar refractivity (Wildman–Crippen MR) is 80.4 cm³/mol. The fourth-order valence-corrected chi connectivity index (χ4v) is 2.39. The van der Waals surface area contributed by atoms with Gasteiger partial charge in [-0.2, -0.15) is 0 Å². The third-order valence-electron chi connectivity index (χ3n) is 3.54. The standard InChI is InChI=1S/C17H14N2O3/c20-15(13-7-3-1-4-8-13)18-11-12-19(17(18)22)16(21)14-9-5-2-6-10-14/h1-10H,11-12H2. The summed E-state index contributed by atoms with van der Waals surface area (Å²) in [7, 11) is 0. The van der Waals surface area contributed by atoms with Crippen molar-refractivity contribution in [1.29, 1.82) is 0 Å². The second-order valence-electron chi connectivity index (χ2n) is 4.93. The smallest absolute Gasteiger partial charge is 0.269 e. The van der Waals surface area contributed by atoms with Gasteiger partial charge in [-0.25, -0.2) is 4.79 Å². The van der Waals surface area contributed by atoms with E-state index in [1.54, 1.807) is 60.7 Å². The minimum Gasteiger partial charge on any atom is -0.269 e. The fourth-order valence-electron chi connectivity index (χ4n) is 2.39. The van der Waals surface area contributed by atoms with Gasteiger partial charge in [0.25, 0.3) is 11.8 Å². The van der Waals surface area contributed by atoms with Crippen LogP contribution in [0.15, 0.2) is 60.7 Å². The molecule has 2 aromatic rings. The molecule has 1 heterocycles. The van der Waals surface area contributed by atoms with Gasteiger partial charge >= 0.3 is 6.03 Å². The van der Waals surface area contributed by atoms with E-state index in [1.165, 1.54) is 0 Å². The maximum atomic E-state index is 12.3. The normalized spacial score (nSPS) is 14.3. The van der Waals surface area contributed by atoms with Gasteiger partial charge in [0.15, 0.2) is 0 Å². The first-order chi connectivity index (χ1) is 10.7. The molecule has 1 fully saturated rings. The summed E-state index contributed by atoms with van der Waals surface area (Å²) in [5, 5.41) is 0. The van der Waals surface area contributed by atoms with Gasteiger partial charge < -0.3 is 0 Å². The van der Waals surface area contributed by atoms with E-state index in [0.717, 1.165) is 9.80 Å². The minimum absolute atomic E-state index is 0.213. The Hall–Kier alpha value is -2.95. The summed E-state index contributed by atoms with van der Waals surface area (Å²) in [5.74, 6) is -0.761. The van der Waals surface area contributed by atoms with Crippen LogP contribution in [0.5, 0.6) is 0 Å². The third kappa shape index (κ3) is 2.48. The van der Waals surface area contributed by atoms with Crippen molar-refractivity contribution in [2.45, 2.75) is 0 Å². The van der Waals surface area contributed by atoms with Crippen LogP contribution >= 0.6 is 0 Å². The second kappa shape index (κ2) is 5.81. The number of hydrogen-bond donors (Lipinski definition) is 0. The molecule has 0 aliphatic carbocycles. The first kappa shape index (κ1) is 14.0. The van der Waals surface area contributed by atoms with Crippen LogP contribution in [-0.4, -0.2) is 40.7 Å². The molecular weight excluding hydrogens is 280 g/mol. The van der Waals surface area contributed by atoms with Gasteiger partial charge in [-0.05, 0) is 24.3 Å². The number of nitrogens with zero attached hydrogens (tertiary/aromatic N) is 2. The summed E-state index contributed by atoms with van der Waals surface area (Å²) in [6.45, 7) is 0.427. The van der Waals surface area contributed by atoms with Crippen molar-refractivity contribution < 1.29 is 14.4 Å². The first-order valence-electron chi connectivity index (χ1n) is 6.96. The average molecular weight is 294 g/mol. The number of amides is 4. The molecule has 0 saturated carbocycles. The molecule has 1 aliphatic rings. The SMILES string of the molecule is O=C(c1ccccc1)N1CCN(C(=O)c2ccccc2)C1=O. The highest BCUT2D eigenvalue weighted by Crippen LogP contribution is 2.16. The second-order valence-corrected chi connectivity index (χ2v) is 4.93. The number of urea groups is 1. The van der Waals surface area contributed by atoms with Crippen LogP contribution < -0.4 is 0 Å². The Bertz CT molecular complexity index is 652. The monoisotopic (exact) mass is 294 g/mol. The highest BCUT2D eigenvalue weighted by atomic mass is 16.2. The Morgan fingerprint density at radius 1 is 0.682 bits per heavy atom. The molecule has 1 saturated heterocycles. The molecule has 0 atom stereocenters. The molecule has 110 valence electrons. The number of carbonyl (C=O) groups excluding carboxylic acids is 3. The van der Waals surface area contributed by atoms with Crippen LogP contribution in [0.1, 0.15) is 20.7 Å². The Labute approximate surface area is 127 Å². The van der Waals surface area contributed by atoms with Gasteiger partial charge in [0.2, 0.25) is 0 Å². The van der Waals surface area contributed by atoms with E-state index >= 15 is 0 Å². The van der Waals surface area contributed by atoms with Crippen molar-refractivity contribution in [3.63, 3.8) is 0 Å². The molecule has 0 aromatic heterocycles. The average Bonchev–Trinajstić information content (AvgIpc) is 2.96. The Morgan fingerprint density at radius 3 is 1.41 bits per heavy atom. The molecular formula is C17H14N2O3. The molecule has 22 heavy (non-hydrogen) atoms. The van der Waals surface area contributed by atoms with Gasteiger partial charge in [0.1, 0.15) is 0 Å². The predicted octanol–water partition coefficient (Wildman–Crippen LogP) is 2.40. The molecule has 0 N–H and O–H groups in total. The summed E-state index contributed by atoms with van der Waals surface area (Å²) in [4.78, 5) is 39.2. The molecule has 5 nitrogen and oxygen atoms in total. The van der Waals surface area contributed by atoms with E-state index in [1.807, 2.05) is 0 Å². The Kier molecular flexibility index (Phi) is 3.70. The van der Waals surface area contributed by atoms with Crippen LogP contribution in [0.4, 0.5) is 4.79 Å². The zero-order valence-corrected chi connectivity index (χ0v) is 11.8. The highest BCUT2D eigenvalue weighted by molar-refractivity contribution is 6.12. The maximum absolute atomic E-state index is 12.3. The van der Waals surface area contributed by atoms with Crippen LogP contribution in [0.3, 0.4) is 0 Å². The fraction of sp³-hybridized carbons (Fsp3) is 0.118. The van der Waals surface area contributed by atoms with Crippen molar-refractivity contribution in [2.75, 3.05) is 13.1 Å². The summed E-state index contributed by atoms with van der Waals surface area (Å²) in [6.07, 6.45) is 0. The summed E-state index contributed by atoms with van der Waals surface area (Å²) >= 11 is 0. The Balaban J connectivity index is 1.78. The molecule has 5 heteroatoms. The van der Waals surface area contributed by atoms with Crippen molar-refractivity contribution >= 4 is 17.8 Å². The number of benzene rings is 2. The zero-order chi connectivity index (χ0) is 15.5. The van der Waals surface area contributed by atoms with E-state index in [4.69, 9.17) is 0 Å². The lowest BCUT2D eigenvalue weighted by Crippen LogP contribution is -2.39. The topological polar surface area (TPSA) is 57.7 Å². The highest BCUT2D eigenvalue weighted by Gasteiger charge is 2.37. The molecule has 0 spiro atoms. The van der Waals surface area contributed by atoms with Gasteiger partial charge in [-0.3, -0.25) is 19.4 Å².